The lowest BCUT2D eigenvalue weighted by Gasteiger charge is -2.22. The fraction of sp³-hybridized carbons (Fsp3) is 0.250. The van der Waals surface area contributed by atoms with Crippen molar-refractivity contribution in [1.82, 2.24) is 0 Å². The molecule has 0 aromatic heterocycles. The Morgan fingerprint density at radius 2 is 1.27 bits per heavy atom. The van der Waals surface area contributed by atoms with Crippen molar-refractivity contribution in [1.29, 1.82) is 0 Å². The second-order valence-corrected chi connectivity index (χ2v) is 6.75. The van der Waals surface area contributed by atoms with E-state index in [0.717, 1.165) is 5.69 Å². The minimum absolute atomic E-state index is 0. The van der Waals surface area contributed by atoms with Crippen molar-refractivity contribution in [2.24, 2.45) is 15.4 Å². The molecule has 26 heavy (non-hydrogen) atoms. The zero-order valence-corrected chi connectivity index (χ0v) is 14.8. The Kier molecular flexibility index (Phi) is 8.29. The third-order valence-corrected chi connectivity index (χ3v) is 4.33. The summed E-state index contributed by atoms with van der Waals surface area (Å²) in [6.45, 7) is 0.849. The van der Waals surface area contributed by atoms with E-state index in [1.54, 1.807) is 12.1 Å². The quantitative estimate of drug-likeness (QED) is 0.572. The van der Waals surface area contributed by atoms with Crippen molar-refractivity contribution in [3.05, 3.63) is 48.5 Å². The summed E-state index contributed by atoms with van der Waals surface area (Å²) < 4.78 is 22.4. The van der Waals surface area contributed by atoms with E-state index in [9.17, 15) is 8.42 Å². The minimum atomic E-state index is -3.72. The fourth-order valence-corrected chi connectivity index (χ4v) is 2.67. The maximum atomic E-state index is 11.2. The van der Waals surface area contributed by atoms with Gasteiger partial charge in [0.15, 0.2) is 0 Å². The van der Waals surface area contributed by atoms with Gasteiger partial charge < -0.3 is 20.6 Å². The topological polar surface area (TPSA) is 160 Å². The summed E-state index contributed by atoms with van der Waals surface area (Å²) in [5, 5.41) is 31.3. The molecule has 0 radical (unpaired) electrons. The van der Waals surface area contributed by atoms with Crippen LogP contribution in [0.1, 0.15) is 0 Å². The first-order valence-electron chi connectivity index (χ1n) is 7.55. The van der Waals surface area contributed by atoms with Crippen molar-refractivity contribution in [3.8, 4) is 0 Å². The molecule has 142 valence electrons. The van der Waals surface area contributed by atoms with Gasteiger partial charge in [-0.2, -0.15) is 10.2 Å². The number of nitrogens with two attached hydrogens (primary N) is 1. The van der Waals surface area contributed by atoms with Gasteiger partial charge in [0.05, 0.1) is 29.5 Å². The molecular weight excluding hydrogens is 360 g/mol. The molecule has 0 saturated carbocycles. The average Bonchev–Trinajstić information content (AvgIpc) is 2.60. The van der Waals surface area contributed by atoms with E-state index in [2.05, 4.69) is 10.2 Å². The third kappa shape index (κ3) is 6.17. The number of azo groups is 1. The molecular formula is C16H22N4O5S. The van der Waals surface area contributed by atoms with Gasteiger partial charge in [-0.1, -0.05) is 0 Å². The van der Waals surface area contributed by atoms with Crippen LogP contribution in [-0.2, 0) is 10.0 Å². The normalized spacial score (nSPS) is 11.3. The second kappa shape index (κ2) is 9.94. The molecule has 0 saturated heterocycles. The zero-order chi connectivity index (χ0) is 18.3. The van der Waals surface area contributed by atoms with Gasteiger partial charge >= 0.3 is 0 Å². The summed E-state index contributed by atoms with van der Waals surface area (Å²) in [5.41, 5.74) is 1.98. The van der Waals surface area contributed by atoms with E-state index in [1.807, 2.05) is 17.0 Å². The highest BCUT2D eigenvalue weighted by molar-refractivity contribution is 7.89. The van der Waals surface area contributed by atoms with Gasteiger partial charge in [0.2, 0.25) is 10.0 Å². The molecule has 6 N–H and O–H groups in total. The van der Waals surface area contributed by atoms with E-state index >= 15 is 0 Å². The number of nitrogens with zero attached hydrogens (tertiary/aromatic N) is 3. The van der Waals surface area contributed by atoms with E-state index in [1.165, 1.54) is 24.3 Å². The molecule has 2 rings (SSSR count). The molecule has 0 heterocycles. The third-order valence-electron chi connectivity index (χ3n) is 3.40. The van der Waals surface area contributed by atoms with Crippen molar-refractivity contribution >= 4 is 27.1 Å². The summed E-state index contributed by atoms with van der Waals surface area (Å²) in [7, 11) is -3.72. The molecule has 0 aliphatic heterocycles. The Balaban J connectivity index is 0.00000338. The van der Waals surface area contributed by atoms with Crippen LogP contribution in [0.25, 0.3) is 0 Å². The standard InChI is InChI=1S/C16H20N4O4S.H2O/c17-25(23,24)16-7-3-14(4-8-16)19-18-13-1-5-15(6-2-13)20(9-11-21)10-12-22;/h1-8,21-22H,9-12H2,(H2,17,23,24);1H2. The van der Waals surface area contributed by atoms with Gasteiger partial charge in [0.25, 0.3) is 0 Å². The number of aliphatic hydroxyl groups is 2. The molecule has 0 bridgehead atoms. The minimum Gasteiger partial charge on any atom is -0.412 e. The van der Waals surface area contributed by atoms with Gasteiger partial charge in [-0.25, -0.2) is 13.6 Å². The van der Waals surface area contributed by atoms with Gasteiger partial charge in [-0.3, -0.25) is 0 Å². The SMILES string of the molecule is NS(=O)(=O)c1ccc(N=Nc2ccc(N(CCO)CCO)cc2)cc1.O. The van der Waals surface area contributed by atoms with Crippen LogP contribution in [-0.4, -0.2) is 50.4 Å². The number of rotatable bonds is 8. The van der Waals surface area contributed by atoms with Crippen molar-refractivity contribution in [2.75, 3.05) is 31.2 Å². The zero-order valence-electron chi connectivity index (χ0n) is 14.0. The molecule has 0 aliphatic rings. The molecule has 0 unspecified atom stereocenters. The number of hydrogen-bond acceptors (Lipinski definition) is 7. The van der Waals surface area contributed by atoms with Gasteiger partial charge in [-0.15, -0.1) is 0 Å². The first-order valence-corrected chi connectivity index (χ1v) is 9.10. The van der Waals surface area contributed by atoms with Crippen LogP contribution >= 0.6 is 0 Å². The number of anilines is 1. The first-order chi connectivity index (χ1) is 11.9. The van der Waals surface area contributed by atoms with Gasteiger partial charge in [0.1, 0.15) is 0 Å². The van der Waals surface area contributed by atoms with E-state index in [-0.39, 0.29) is 23.6 Å². The van der Waals surface area contributed by atoms with Crippen molar-refractivity contribution < 1.29 is 24.1 Å². The highest BCUT2D eigenvalue weighted by Crippen LogP contribution is 2.23. The summed E-state index contributed by atoms with van der Waals surface area (Å²) in [5.74, 6) is 0. The number of sulfonamides is 1. The lowest BCUT2D eigenvalue weighted by molar-refractivity contribution is 0.281. The first kappa shape index (κ1) is 21.7. The Labute approximate surface area is 151 Å². The smallest absolute Gasteiger partial charge is 0.238 e. The lowest BCUT2D eigenvalue weighted by Crippen LogP contribution is -2.29. The molecule has 9 nitrogen and oxygen atoms in total. The van der Waals surface area contributed by atoms with E-state index < -0.39 is 10.0 Å². The second-order valence-electron chi connectivity index (χ2n) is 5.19. The van der Waals surface area contributed by atoms with Crippen LogP contribution in [0.2, 0.25) is 0 Å². The molecule has 2 aromatic rings. The Morgan fingerprint density at radius 3 is 1.65 bits per heavy atom. The predicted octanol–water partition coefficient (Wildman–Crippen LogP) is 0.716. The Hall–Kier alpha value is -2.37. The van der Waals surface area contributed by atoms with Crippen LogP contribution in [0.3, 0.4) is 0 Å². The number of benzene rings is 2. The number of hydrogen-bond donors (Lipinski definition) is 3. The summed E-state index contributed by atoms with van der Waals surface area (Å²) >= 11 is 0. The van der Waals surface area contributed by atoms with E-state index in [4.69, 9.17) is 15.4 Å². The highest BCUT2D eigenvalue weighted by Gasteiger charge is 2.07. The molecule has 0 spiro atoms. The predicted molar refractivity (Wildman–Crippen MR) is 98.4 cm³/mol. The van der Waals surface area contributed by atoms with Crippen LogP contribution < -0.4 is 10.0 Å². The number of primary sulfonamides is 1. The van der Waals surface area contributed by atoms with Crippen LogP contribution in [0.5, 0.6) is 0 Å². The summed E-state index contributed by atoms with van der Waals surface area (Å²) in [6.07, 6.45) is 0. The maximum Gasteiger partial charge on any atom is 0.238 e. The van der Waals surface area contributed by atoms with E-state index in [0.29, 0.717) is 24.5 Å². The van der Waals surface area contributed by atoms with Crippen molar-refractivity contribution in [2.45, 2.75) is 4.90 Å². The lowest BCUT2D eigenvalue weighted by atomic mass is 10.2. The van der Waals surface area contributed by atoms with Crippen LogP contribution in [0.4, 0.5) is 17.1 Å². The maximum absolute atomic E-state index is 11.2. The van der Waals surface area contributed by atoms with Crippen LogP contribution in [0.15, 0.2) is 63.7 Å². The largest absolute Gasteiger partial charge is 0.412 e. The molecule has 0 aliphatic carbocycles. The Morgan fingerprint density at radius 1 is 0.846 bits per heavy atom. The molecule has 0 fully saturated rings. The van der Waals surface area contributed by atoms with Gasteiger partial charge in [0, 0.05) is 18.8 Å². The number of aliphatic hydroxyl groups excluding tert-OH is 2. The summed E-state index contributed by atoms with van der Waals surface area (Å²) in [6, 6.07) is 12.9. The molecule has 0 amide bonds. The molecule has 0 atom stereocenters. The van der Waals surface area contributed by atoms with Crippen LogP contribution in [0, 0.1) is 0 Å². The van der Waals surface area contributed by atoms with Crippen molar-refractivity contribution in [3.63, 3.8) is 0 Å². The van der Waals surface area contributed by atoms with Gasteiger partial charge in [-0.05, 0) is 48.5 Å². The fourth-order valence-electron chi connectivity index (χ4n) is 2.16. The molecule has 2 aromatic carbocycles. The highest BCUT2D eigenvalue weighted by atomic mass is 32.2. The monoisotopic (exact) mass is 382 g/mol. The molecule has 10 heteroatoms. The summed E-state index contributed by atoms with van der Waals surface area (Å²) in [4.78, 5) is 1.87. The Bertz CT molecular complexity index is 802. The average molecular weight is 382 g/mol.